The monoisotopic (exact) mass is 277 g/mol. The van der Waals surface area contributed by atoms with Crippen LogP contribution in [0.4, 0.5) is 0 Å². The Morgan fingerprint density at radius 2 is 1.95 bits per heavy atom. The fraction of sp³-hybridized carbons (Fsp3) is 0.562. The molecule has 110 valence electrons. The number of rotatable bonds is 5. The first-order chi connectivity index (χ1) is 9.63. The van der Waals surface area contributed by atoms with Crippen LogP contribution in [0.25, 0.3) is 0 Å². The number of nitrogens with zero attached hydrogens (tertiary/aromatic N) is 1. The summed E-state index contributed by atoms with van der Waals surface area (Å²) in [4.78, 5) is 14.6. The van der Waals surface area contributed by atoms with E-state index in [2.05, 4.69) is 11.8 Å². The minimum Gasteiger partial charge on any atom is -0.497 e. The number of Topliss-reactive ketones (excluding diaryl/α,β-unsaturated/α-hetero) is 1. The fourth-order valence-corrected chi connectivity index (χ4v) is 2.54. The van der Waals surface area contributed by atoms with Crippen LogP contribution in [0.15, 0.2) is 18.2 Å². The maximum absolute atomic E-state index is 12.4. The summed E-state index contributed by atoms with van der Waals surface area (Å²) in [5.41, 5.74) is 0.631. The number of methoxy groups -OCH3 is 2. The van der Waals surface area contributed by atoms with Crippen LogP contribution in [0.5, 0.6) is 11.5 Å². The van der Waals surface area contributed by atoms with E-state index in [1.807, 2.05) is 0 Å². The molecule has 0 atom stereocenters. The third kappa shape index (κ3) is 3.51. The Labute approximate surface area is 120 Å². The molecule has 1 fully saturated rings. The molecule has 0 spiro atoms. The summed E-state index contributed by atoms with van der Waals surface area (Å²) in [6, 6.07) is 5.34. The van der Waals surface area contributed by atoms with E-state index in [1.165, 1.54) is 12.8 Å². The van der Waals surface area contributed by atoms with Gasteiger partial charge in [-0.3, -0.25) is 9.69 Å². The average Bonchev–Trinajstić information content (AvgIpc) is 2.48. The van der Waals surface area contributed by atoms with Gasteiger partial charge in [0.25, 0.3) is 0 Å². The van der Waals surface area contributed by atoms with Crippen LogP contribution in [-0.2, 0) is 0 Å². The fourth-order valence-electron chi connectivity index (χ4n) is 2.54. The molecule has 0 saturated carbocycles. The van der Waals surface area contributed by atoms with Crippen molar-refractivity contribution in [1.82, 2.24) is 4.90 Å². The van der Waals surface area contributed by atoms with E-state index >= 15 is 0 Å². The molecule has 4 nitrogen and oxygen atoms in total. The van der Waals surface area contributed by atoms with Gasteiger partial charge in [0, 0.05) is 6.07 Å². The van der Waals surface area contributed by atoms with Crippen molar-refractivity contribution in [1.29, 1.82) is 0 Å². The molecule has 0 bridgehead atoms. The first-order valence-electron chi connectivity index (χ1n) is 7.11. The summed E-state index contributed by atoms with van der Waals surface area (Å²) in [5.74, 6) is 2.17. The van der Waals surface area contributed by atoms with Crippen molar-refractivity contribution < 1.29 is 14.3 Å². The van der Waals surface area contributed by atoms with Crippen LogP contribution in [0, 0.1) is 5.92 Å². The normalized spacial score (nSPS) is 16.9. The first kappa shape index (κ1) is 14.9. The van der Waals surface area contributed by atoms with E-state index in [4.69, 9.17) is 9.47 Å². The van der Waals surface area contributed by atoms with Crippen LogP contribution in [0.2, 0.25) is 0 Å². The molecule has 1 aromatic carbocycles. The number of carbonyl (C=O) groups excluding carboxylic acids is 1. The zero-order chi connectivity index (χ0) is 14.5. The summed E-state index contributed by atoms with van der Waals surface area (Å²) in [7, 11) is 3.18. The topological polar surface area (TPSA) is 38.8 Å². The van der Waals surface area contributed by atoms with E-state index in [9.17, 15) is 4.79 Å². The molecule has 0 aromatic heterocycles. The molecule has 1 aliphatic heterocycles. The van der Waals surface area contributed by atoms with Crippen molar-refractivity contribution in [2.24, 2.45) is 5.92 Å². The van der Waals surface area contributed by atoms with Crippen LogP contribution in [0.3, 0.4) is 0 Å². The lowest BCUT2D eigenvalue weighted by Gasteiger charge is -2.29. The summed E-state index contributed by atoms with van der Waals surface area (Å²) in [6.45, 7) is 4.75. The number of ketones is 1. The van der Waals surface area contributed by atoms with Gasteiger partial charge in [-0.25, -0.2) is 0 Å². The molecule has 2 rings (SSSR count). The van der Waals surface area contributed by atoms with Gasteiger partial charge in [0.05, 0.1) is 26.3 Å². The second-order valence-corrected chi connectivity index (χ2v) is 5.45. The molecule has 0 unspecified atom stereocenters. The van der Waals surface area contributed by atoms with Gasteiger partial charge in [-0.05, 0) is 44.0 Å². The number of ether oxygens (including phenoxy) is 2. The highest BCUT2D eigenvalue weighted by atomic mass is 16.5. The Morgan fingerprint density at radius 1 is 1.25 bits per heavy atom. The molecular formula is C16H23NO3. The molecule has 1 aromatic rings. The molecule has 0 aliphatic carbocycles. The highest BCUT2D eigenvalue weighted by Crippen LogP contribution is 2.25. The Bertz CT molecular complexity index is 465. The predicted octanol–water partition coefficient (Wildman–Crippen LogP) is 2.62. The maximum Gasteiger partial charge on any atom is 0.180 e. The minimum absolute atomic E-state index is 0.110. The zero-order valence-corrected chi connectivity index (χ0v) is 12.5. The van der Waals surface area contributed by atoms with E-state index < -0.39 is 0 Å². The van der Waals surface area contributed by atoms with Crippen molar-refractivity contribution >= 4 is 5.78 Å². The number of carbonyl (C=O) groups is 1. The standard InChI is InChI=1S/C16H23NO3/c1-12-6-8-17(9-7-12)11-15(18)14-5-4-13(19-2)10-16(14)20-3/h4-5,10,12H,6-9,11H2,1-3H3. The van der Waals surface area contributed by atoms with E-state index in [0.717, 1.165) is 19.0 Å². The minimum atomic E-state index is 0.110. The summed E-state index contributed by atoms with van der Waals surface area (Å²) in [5, 5.41) is 0. The van der Waals surface area contributed by atoms with Gasteiger partial charge in [-0.1, -0.05) is 6.92 Å². The van der Waals surface area contributed by atoms with Crippen molar-refractivity contribution in [3.63, 3.8) is 0 Å². The summed E-state index contributed by atoms with van der Waals surface area (Å²) in [6.07, 6.45) is 2.35. The Hall–Kier alpha value is -1.55. The van der Waals surface area contributed by atoms with Crippen LogP contribution in [-0.4, -0.2) is 44.5 Å². The highest BCUT2D eigenvalue weighted by Gasteiger charge is 2.20. The van der Waals surface area contributed by atoms with Crippen molar-refractivity contribution in [3.8, 4) is 11.5 Å². The summed E-state index contributed by atoms with van der Waals surface area (Å²) >= 11 is 0. The number of likely N-dealkylation sites (tertiary alicyclic amines) is 1. The Kier molecular flexibility index (Phi) is 5.01. The van der Waals surface area contributed by atoms with Gasteiger partial charge in [0.2, 0.25) is 0 Å². The lowest BCUT2D eigenvalue weighted by atomic mass is 9.98. The molecular weight excluding hydrogens is 254 g/mol. The first-order valence-corrected chi connectivity index (χ1v) is 7.11. The molecule has 20 heavy (non-hydrogen) atoms. The number of hydrogen-bond acceptors (Lipinski definition) is 4. The highest BCUT2D eigenvalue weighted by molar-refractivity contribution is 6.00. The van der Waals surface area contributed by atoms with Gasteiger partial charge < -0.3 is 9.47 Å². The summed E-state index contributed by atoms with van der Waals surface area (Å²) < 4.78 is 10.4. The Balaban J connectivity index is 2.05. The van der Waals surface area contributed by atoms with Gasteiger partial charge in [-0.15, -0.1) is 0 Å². The molecule has 4 heteroatoms. The molecule has 0 N–H and O–H groups in total. The second-order valence-electron chi connectivity index (χ2n) is 5.45. The maximum atomic E-state index is 12.4. The number of piperidine rings is 1. The zero-order valence-electron chi connectivity index (χ0n) is 12.5. The van der Waals surface area contributed by atoms with Crippen molar-refractivity contribution in [2.45, 2.75) is 19.8 Å². The number of benzene rings is 1. The van der Waals surface area contributed by atoms with Gasteiger partial charge in [0.1, 0.15) is 11.5 Å². The Morgan fingerprint density at radius 3 is 2.55 bits per heavy atom. The SMILES string of the molecule is COc1ccc(C(=O)CN2CCC(C)CC2)c(OC)c1. The predicted molar refractivity (Wildman–Crippen MR) is 78.7 cm³/mol. The van der Waals surface area contributed by atoms with Crippen molar-refractivity contribution in [3.05, 3.63) is 23.8 Å². The van der Waals surface area contributed by atoms with E-state index in [1.54, 1.807) is 32.4 Å². The lowest BCUT2D eigenvalue weighted by molar-refractivity contribution is 0.0897. The average molecular weight is 277 g/mol. The van der Waals surface area contributed by atoms with Gasteiger partial charge in [0.15, 0.2) is 5.78 Å². The van der Waals surface area contributed by atoms with Crippen LogP contribution in [0.1, 0.15) is 30.1 Å². The molecule has 1 heterocycles. The van der Waals surface area contributed by atoms with E-state index in [-0.39, 0.29) is 5.78 Å². The second kappa shape index (κ2) is 6.75. The smallest absolute Gasteiger partial charge is 0.180 e. The largest absolute Gasteiger partial charge is 0.497 e. The van der Waals surface area contributed by atoms with Gasteiger partial charge in [-0.2, -0.15) is 0 Å². The van der Waals surface area contributed by atoms with Crippen LogP contribution >= 0.6 is 0 Å². The lowest BCUT2D eigenvalue weighted by Crippen LogP contribution is -2.36. The third-order valence-corrected chi connectivity index (χ3v) is 3.95. The van der Waals surface area contributed by atoms with E-state index in [0.29, 0.717) is 23.6 Å². The molecule has 0 amide bonds. The molecule has 0 radical (unpaired) electrons. The third-order valence-electron chi connectivity index (χ3n) is 3.95. The number of hydrogen-bond donors (Lipinski definition) is 0. The van der Waals surface area contributed by atoms with Gasteiger partial charge >= 0.3 is 0 Å². The quantitative estimate of drug-likeness (QED) is 0.776. The molecule has 1 saturated heterocycles. The van der Waals surface area contributed by atoms with Crippen molar-refractivity contribution in [2.75, 3.05) is 33.9 Å². The molecule has 1 aliphatic rings. The van der Waals surface area contributed by atoms with Crippen LogP contribution < -0.4 is 9.47 Å².